The SMILES string of the molecule is Cc1csc(=O)n1CCC(=O)N(C)Cc1ccc(C(=O)NC2CC2)cc1. The Bertz CT molecular complexity index is 850. The second kappa shape index (κ2) is 7.86. The molecule has 0 aliphatic heterocycles. The third-order valence-corrected chi connectivity index (χ3v) is 5.38. The van der Waals surface area contributed by atoms with Crippen molar-refractivity contribution in [3.63, 3.8) is 0 Å². The average molecular weight is 373 g/mol. The predicted molar refractivity (Wildman–Crippen MR) is 101 cm³/mol. The van der Waals surface area contributed by atoms with Gasteiger partial charge in [-0.1, -0.05) is 23.5 Å². The first-order chi connectivity index (χ1) is 12.4. The summed E-state index contributed by atoms with van der Waals surface area (Å²) in [6.45, 7) is 2.74. The monoisotopic (exact) mass is 373 g/mol. The van der Waals surface area contributed by atoms with Crippen LogP contribution in [0.4, 0.5) is 0 Å². The standard InChI is InChI=1S/C19H23N3O3S/c1-13-12-26-19(25)22(13)10-9-17(23)21(2)11-14-3-5-15(6-4-14)18(24)20-16-7-8-16/h3-6,12,16H,7-11H2,1-2H3,(H,20,24). The predicted octanol–water partition coefficient (Wildman–Crippen LogP) is 2.16. The summed E-state index contributed by atoms with van der Waals surface area (Å²) in [7, 11) is 1.75. The second-order valence-electron chi connectivity index (χ2n) is 6.74. The van der Waals surface area contributed by atoms with Crippen LogP contribution in [0.3, 0.4) is 0 Å². The number of hydrogen-bond acceptors (Lipinski definition) is 4. The van der Waals surface area contributed by atoms with Crippen molar-refractivity contribution in [3.05, 3.63) is 56.1 Å². The van der Waals surface area contributed by atoms with Crippen LogP contribution in [-0.4, -0.2) is 34.4 Å². The van der Waals surface area contributed by atoms with Crippen molar-refractivity contribution < 1.29 is 9.59 Å². The molecule has 1 aromatic heterocycles. The molecular formula is C19H23N3O3S. The van der Waals surface area contributed by atoms with Crippen molar-refractivity contribution in [1.82, 2.24) is 14.8 Å². The van der Waals surface area contributed by atoms with Gasteiger partial charge in [0.25, 0.3) is 5.91 Å². The Hall–Kier alpha value is -2.41. The molecule has 1 aliphatic carbocycles. The van der Waals surface area contributed by atoms with Gasteiger partial charge < -0.3 is 14.8 Å². The first-order valence-electron chi connectivity index (χ1n) is 8.73. The van der Waals surface area contributed by atoms with Crippen molar-refractivity contribution in [2.24, 2.45) is 0 Å². The lowest BCUT2D eigenvalue weighted by Crippen LogP contribution is -2.28. The van der Waals surface area contributed by atoms with Gasteiger partial charge in [0.05, 0.1) is 0 Å². The Morgan fingerprint density at radius 3 is 2.54 bits per heavy atom. The van der Waals surface area contributed by atoms with E-state index in [1.807, 2.05) is 19.1 Å². The first kappa shape index (κ1) is 18.4. The number of carbonyl (C=O) groups excluding carboxylic acids is 2. The van der Waals surface area contributed by atoms with Crippen LogP contribution < -0.4 is 10.2 Å². The molecule has 0 unspecified atom stereocenters. The zero-order chi connectivity index (χ0) is 18.7. The third kappa shape index (κ3) is 4.60. The number of aromatic nitrogens is 1. The molecule has 0 spiro atoms. The number of thiazole rings is 1. The lowest BCUT2D eigenvalue weighted by molar-refractivity contribution is -0.130. The molecule has 1 saturated carbocycles. The Balaban J connectivity index is 1.51. The molecule has 0 radical (unpaired) electrons. The summed E-state index contributed by atoms with van der Waals surface area (Å²) < 4.78 is 1.63. The van der Waals surface area contributed by atoms with Crippen LogP contribution in [0.1, 0.15) is 40.9 Å². The van der Waals surface area contributed by atoms with Gasteiger partial charge in [-0.3, -0.25) is 14.4 Å². The van der Waals surface area contributed by atoms with Gasteiger partial charge in [0.1, 0.15) is 0 Å². The van der Waals surface area contributed by atoms with Crippen LogP contribution in [0.15, 0.2) is 34.4 Å². The molecule has 0 bridgehead atoms. The molecular weight excluding hydrogens is 350 g/mol. The number of benzene rings is 1. The largest absolute Gasteiger partial charge is 0.349 e. The molecule has 1 fully saturated rings. The van der Waals surface area contributed by atoms with E-state index in [2.05, 4.69) is 5.32 Å². The van der Waals surface area contributed by atoms with Gasteiger partial charge in [-0.2, -0.15) is 0 Å². The molecule has 3 rings (SSSR count). The van der Waals surface area contributed by atoms with Crippen molar-refractivity contribution in [2.75, 3.05) is 7.05 Å². The summed E-state index contributed by atoms with van der Waals surface area (Å²) in [5, 5.41) is 4.76. The minimum atomic E-state index is -0.0416. The van der Waals surface area contributed by atoms with E-state index in [-0.39, 0.29) is 23.1 Å². The van der Waals surface area contributed by atoms with Crippen LogP contribution in [0.25, 0.3) is 0 Å². The minimum absolute atomic E-state index is 0.0157. The molecule has 6 nitrogen and oxygen atoms in total. The lowest BCUT2D eigenvalue weighted by Gasteiger charge is -2.18. The van der Waals surface area contributed by atoms with E-state index in [0.29, 0.717) is 24.7 Å². The van der Waals surface area contributed by atoms with Gasteiger partial charge in [-0.15, -0.1) is 0 Å². The summed E-state index contributed by atoms with van der Waals surface area (Å²) in [4.78, 5) is 37.6. The summed E-state index contributed by atoms with van der Waals surface area (Å²) in [5.41, 5.74) is 2.49. The van der Waals surface area contributed by atoms with Crippen molar-refractivity contribution in [1.29, 1.82) is 0 Å². The molecule has 1 N–H and O–H groups in total. The zero-order valence-electron chi connectivity index (χ0n) is 15.0. The Labute approximate surface area is 156 Å². The molecule has 1 heterocycles. The molecule has 0 atom stereocenters. The molecule has 138 valence electrons. The van der Waals surface area contributed by atoms with Gasteiger partial charge in [-0.05, 0) is 37.5 Å². The second-order valence-corrected chi connectivity index (χ2v) is 7.56. The maximum absolute atomic E-state index is 12.3. The Kier molecular flexibility index (Phi) is 5.56. The number of carbonyl (C=O) groups is 2. The summed E-state index contributed by atoms with van der Waals surface area (Å²) >= 11 is 1.15. The van der Waals surface area contributed by atoms with Crippen molar-refractivity contribution in [3.8, 4) is 0 Å². The van der Waals surface area contributed by atoms with Gasteiger partial charge in [0.15, 0.2) is 0 Å². The van der Waals surface area contributed by atoms with Gasteiger partial charge in [-0.25, -0.2) is 0 Å². The topological polar surface area (TPSA) is 71.4 Å². The van der Waals surface area contributed by atoms with Crippen LogP contribution >= 0.6 is 11.3 Å². The molecule has 7 heteroatoms. The van der Waals surface area contributed by atoms with Crippen LogP contribution in [0.2, 0.25) is 0 Å². The van der Waals surface area contributed by atoms with Gasteiger partial charge in [0, 0.05) is 49.2 Å². The number of nitrogens with zero attached hydrogens (tertiary/aromatic N) is 2. The van der Waals surface area contributed by atoms with Gasteiger partial charge in [0.2, 0.25) is 5.91 Å². The highest BCUT2D eigenvalue weighted by Gasteiger charge is 2.23. The highest BCUT2D eigenvalue weighted by molar-refractivity contribution is 7.07. The van der Waals surface area contributed by atoms with E-state index < -0.39 is 0 Å². The highest BCUT2D eigenvalue weighted by atomic mass is 32.1. The van der Waals surface area contributed by atoms with Gasteiger partial charge >= 0.3 is 4.87 Å². The maximum atomic E-state index is 12.3. The van der Waals surface area contributed by atoms with E-state index in [9.17, 15) is 14.4 Å². The number of aryl methyl sites for hydroxylation is 1. The number of nitrogens with one attached hydrogen (secondary N) is 1. The maximum Gasteiger partial charge on any atom is 0.307 e. The molecule has 1 aliphatic rings. The molecule has 0 saturated heterocycles. The fraction of sp³-hybridized carbons (Fsp3) is 0.421. The zero-order valence-corrected chi connectivity index (χ0v) is 15.8. The minimum Gasteiger partial charge on any atom is -0.349 e. The summed E-state index contributed by atoms with van der Waals surface area (Å²) in [6, 6.07) is 7.67. The molecule has 1 aromatic carbocycles. The van der Waals surface area contributed by atoms with Crippen molar-refractivity contribution in [2.45, 2.75) is 45.3 Å². The van der Waals surface area contributed by atoms with Crippen LogP contribution in [0, 0.1) is 6.92 Å². The molecule has 2 amide bonds. The lowest BCUT2D eigenvalue weighted by atomic mass is 10.1. The number of amides is 2. The van der Waals surface area contributed by atoms with E-state index in [0.717, 1.165) is 35.4 Å². The smallest absolute Gasteiger partial charge is 0.307 e. The van der Waals surface area contributed by atoms with E-state index in [1.165, 1.54) is 0 Å². The fourth-order valence-electron chi connectivity index (χ4n) is 2.69. The van der Waals surface area contributed by atoms with Crippen LogP contribution in [0.5, 0.6) is 0 Å². The fourth-order valence-corrected chi connectivity index (χ4v) is 3.45. The Morgan fingerprint density at radius 2 is 1.96 bits per heavy atom. The first-order valence-corrected chi connectivity index (χ1v) is 9.60. The van der Waals surface area contributed by atoms with Crippen LogP contribution in [-0.2, 0) is 17.9 Å². The summed E-state index contributed by atoms with van der Waals surface area (Å²) in [5.74, 6) is -0.0573. The third-order valence-electron chi connectivity index (χ3n) is 4.50. The number of rotatable bonds is 7. The van der Waals surface area contributed by atoms with Crippen molar-refractivity contribution >= 4 is 23.2 Å². The number of hydrogen-bond donors (Lipinski definition) is 1. The quantitative estimate of drug-likeness (QED) is 0.808. The Morgan fingerprint density at radius 1 is 1.27 bits per heavy atom. The molecule has 26 heavy (non-hydrogen) atoms. The van der Waals surface area contributed by atoms with E-state index in [1.54, 1.807) is 34.0 Å². The summed E-state index contributed by atoms with van der Waals surface area (Å²) in [6.07, 6.45) is 2.41. The van der Waals surface area contributed by atoms with E-state index >= 15 is 0 Å². The van der Waals surface area contributed by atoms with E-state index in [4.69, 9.17) is 0 Å². The highest BCUT2D eigenvalue weighted by Crippen LogP contribution is 2.19. The average Bonchev–Trinajstić information content (AvgIpc) is 3.38. The normalized spacial score (nSPS) is 13.5. The molecule has 2 aromatic rings.